The number of pyridine rings is 1. The standard InChI is InChI=1S/C10H9BrN4O2/c11-6-1-2-9-14-7(5-15(9)4-6)10(17)13-3-8(12)16/h1-2,4-5H,3H2,(H2,12,16)(H,13,17). The number of imidazole rings is 1. The molecule has 7 heteroatoms. The van der Waals surface area contributed by atoms with E-state index >= 15 is 0 Å². The van der Waals surface area contributed by atoms with Crippen molar-refractivity contribution in [2.75, 3.05) is 6.54 Å². The normalized spacial score (nSPS) is 10.4. The highest BCUT2D eigenvalue weighted by atomic mass is 79.9. The second kappa shape index (κ2) is 4.54. The molecule has 0 saturated heterocycles. The van der Waals surface area contributed by atoms with E-state index in [9.17, 15) is 9.59 Å². The average Bonchev–Trinajstić information content (AvgIpc) is 2.68. The predicted octanol–water partition coefficient (Wildman–Crippen LogP) is 0.312. The van der Waals surface area contributed by atoms with Gasteiger partial charge >= 0.3 is 0 Å². The maximum Gasteiger partial charge on any atom is 0.271 e. The van der Waals surface area contributed by atoms with Crippen molar-refractivity contribution in [3.8, 4) is 0 Å². The Morgan fingerprint density at radius 3 is 2.88 bits per heavy atom. The Balaban J connectivity index is 2.24. The van der Waals surface area contributed by atoms with E-state index < -0.39 is 11.8 Å². The van der Waals surface area contributed by atoms with Crippen molar-refractivity contribution in [3.05, 3.63) is 34.7 Å². The Morgan fingerprint density at radius 1 is 1.41 bits per heavy atom. The maximum absolute atomic E-state index is 11.6. The zero-order valence-electron chi connectivity index (χ0n) is 8.68. The highest BCUT2D eigenvalue weighted by Crippen LogP contribution is 2.12. The summed E-state index contributed by atoms with van der Waals surface area (Å²) in [5.41, 5.74) is 5.82. The first-order valence-electron chi connectivity index (χ1n) is 4.77. The first kappa shape index (κ1) is 11.6. The van der Waals surface area contributed by atoms with Gasteiger partial charge in [-0.2, -0.15) is 0 Å². The summed E-state index contributed by atoms with van der Waals surface area (Å²) in [6.45, 7) is -0.198. The van der Waals surface area contributed by atoms with E-state index in [0.29, 0.717) is 5.65 Å². The summed E-state index contributed by atoms with van der Waals surface area (Å²) < 4.78 is 2.59. The Bertz CT molecular complexity index is 593. The molecule has 0 bridgehead atoms. The van der Waals surface area contributed by atoms with Gasteiger partial charge in [-0.15, -0.1) is 0 Å². The smallest absolute Gasteiger partial charge is 0.271 e. The third kappa shape index (κ3) is 2.62. The van der Waals surface area contributed by atoms with Crippen molar-refractivity contribution >= 4 is 33.4 Å². The number of aromatic nitrogens is 2. The Labute approximate surface area is 105 Å². The second-order valence-electron chi connectivity index (χ2n) is 3.39. The molecule has 88 valence electrons. The predicted molar refractivity (Wildman–Crippen MR) is 64.4 cm³/mol. The van der Waals surface area contributed by atoms with Crippen LogP contribution in [0.3, 0.4) is 0 Å². The maximum atomic E-state index is 11.6. The summed E-state index contributed by atoms with van der Waals surface area (Å²) in [6.07, 6.45) is 3.36. The summed E-state index contributed by atoms with van der Waals surface area (Å²) >= 11 is 3.32. The minimum Gasteiger partial charge on any atom is -0.368 e. The van der Waals surface area contributed by atoms with Gasteiger partial charge in [-0.25, -0.2) is 4.98 Å². The monoisotopic (exact) mass is 296 g/mol. The fourth-order valence-electron chi connectivity index (χ4n) is 1.33. The van der Waals surface area contributed by atoms with Crippen LogP contribution in [-0.2, 0) is 4.79 Å². The lowest BCUT2D eigenvalue weighted by molar-refractivity contribution is -0.117. The van der Waals surface area contributed by atoms with Gasteiger partial charge in [0.25, 0.3) is 5.91 Å². The van der Waals surface area contributed by atoms with Gasteiger partial charge in [0, 0.05) is 16.9 Å². The van der Waals surface area contributed by atoms with Crippen LogP contribution >= 0.6 is 15.9 Å². The molecule has 0 aromatic carbocycles. The summed E-state index contributed by atoms with van der Waals surface area (Å²) in [6, 6.07) is 3.60. The number of amides is 2. The van der Waals surface area contributed by atoms with E-state index in [1.54, 1.807) is 22.9 Å². The number of carbonyl (C=O) groups is 2. The average molecular weight is 297 g/mol. The molecule has 2 aromatic rings. The Hall–Kier alpha value is -1.89. The van der Waals surface area contributed by atoms with E-state index in [1.165, 1.54) is 0 Å². The molecule has 2 heterocycles. The second-order valence-corrected chi connectivity index (χ2v) is 4.30. The molecule has 0 unspecified atom stereocenters. The Kier molecular flexibility index (Phi) is 3.10. The van der Waals surface area contributed by atoms with Crippen LogP contribution in [-0.4, -0.2) is 27.7 Å². The van der Waals surface area contributed by atoms with Crippen LogP contribution < -0.4 is 11.1 Å². The summed E-state index contributed by atoms with van der Waals surface area (Å²) in [5.74, 6) is -1.02. The van der Waals surface area contributed by atoms with E-state index in [2.05, 4.69) is 26.2 Å². The zero-order valence-corrected chi connectivity index (χ0v) is 10.3. The number of hydrogen-bond acceptors (Lipinski definition) is 3. The summed E-state index contributed by atoms with van der Waals surface area (Å²) in [7, 11) is 0. The van der Waals surface area contributed by atoms with Gasteiger partial charge in [0.2, 0.25) is 5.91 Å². The third-order valence-electron chi connectivity index (χ3n) is 2.07. The minimum atomic E-state index is -0.593. The van der Waals surface area contributed by atoms with Crippen LogP contribution in [0.15, 0.2) is 29.0 Å². The van der Waals surface area contributed by atoms with Crippen LogP contribution in [0.2, 0.25) is 0 Å². The molecule has 0 spiro atoms. The molecular weight excluding hydrogens is 288 g/mol. The molecule has 0 aliphatic carbocycles. The molecule has 2 amide bonds. The largest absolute Gasteiger partial charge is 0.368 e. The van der Waals surface area contributed by atoms with E-state index in [-0.39, 0.29) is 12.2 Å². The fourth-order valence-corrected chi connectivity index (χ4v) is 1.68. The number of rotatable bonds is 3. The topological polar surface area (TPSA) is 89.5 Å². The van der Waals surface area contributed by atoms with Gasteiger partial charge in [-0.3, -0.25) is 9.59 Å². The molecule has 3 N–H and O–H groups in total. The molecule has 0 aliphatic heterocycles. The van der Waals surface area contributed by atoms with Gasteiger partial charge in [0.05, 0.1) is 6.54 Å². The van der Waals surface area contributed by atoms with Crippen molar-refractivity contribution in [2.24, 2.45) is 5.73 Å². The summed E-state index contributed by atoms with van der Waals surface area (Å²) in [4.78, 5) is 26.2. The molecule has 0 atom stereocenters. The van der Waals surface area contributed by atoms with E-state index in [1.807, 2.05) is 6.07 Å². The molecule has 17 heavy (non-hydrogen) atoms. The molecule has 0 fully saturated rings. The molecule has 0 radical (unpaired) electrons. The zero-order chi connectivity index (χ0) is 12.4. The van der Waals surface area contributed by atoms with Crippen LogP contribution in [0, 0.1) is 0 Å². The van der Waals surface area contributed by atoms with Crippen LogP contribution in [0.25, 0.3) is 5.65 Å². The molecular formula is C10H9BrN4O2. The summed E-state index contributed by atoms with van der Waals surface area (Å²) in [5, 5.41) is 2.37. The van der Waals surface area contributed by atoms with Crippen molar-refractivity contribution < 1.29 is 9.59 Å². The highest BCUT2D eigenvalue weighted by Gasteiger charge is 2.10. The van der Waals surface area contributed by atoms with Crippen LogP contribution in [0.5, 0.6) is 0 Å². The highest BCUT2D eigenvalue weighted by molar-refractivity contribution is 9.10. The number of nitrogens with one attached hydrogen (secondary N) is 1. The van der Waals surface area contributed by atoms with Crippen molar-refractivity contribution in [2.45, 2.75) is 0 Å². The number of halogens is 1. The van der Waals surface area contributed by atoms with Crippen LogP contribution in [0.4, 0.5) is 0 Å². The molecule has 2 rings (SSSR count). The lowest BCUT2D eigenvalue weighted by Crippen LogP contribution is -2.33. The van der Waals surface area contributed by atoms with Crippen LogP contribution in [0.1, 0.15) is 10.5 Å². The van der Waals surface area contributed by atoms with Gasteiger partial charge in [0.15, 0.2) is 0 Å². The quantitative estimate of drug-likeness (QED) is 0.854. The minimum absolute atomic E-state index is 0.198. The number of carbonyl (C=O) groups excluding carboxylic acids is 2. The van der Waals surface area contributed by atoms with Gasteiger partial charge in [0.1, 0.15) is 11.3 Å². The number of hydrogen-bond donors (Lipinski definition) is 2. The number of nitrogens with two attached hydrogens (primary N) is 1. The van der Waals surface area contributed by atoms with Gasteiger partial charge < -0.3 is 15.5 Å². The van der Waals surface area contributed by atoms with Crippen molar-refractivity contribution in [3.63, 3.8) is 0 Å². The Morgan fingerprint density at radius 2 is 2.18 bits per heavy atom. The first-order chi connectivity index (χ1) is 8.06. The van der Waals surface area contributed by atoms with E-state index in [0.717, 1.165) is 4.47 Å². The molecule has 6 nitrogen and oxygen atoms in total. The van der Waals surface area contributed by atoms with Gasteiger partial charge in [-0.1, -0.05) is 0 Å². The lowest BCUT2D eigenvalue weighted by atomic mass is 10.4. The third-order valence-corrected chi connectivity index (χ3v) is 2.54. The van der Waals surface area contributed by atoms with Crippen molar-refractivity contribution in [1.82, 2.24) is 14.7 Å². The molecule has 0 aliphatic rings. The fraction of sp³-hybridized carbons (Fsp3) is 0.100. The molecule has 0 saturated carbocycles. The van der Waals surface area contributed by atoms with Crippen molar-refractivity contribution in [1.29, 1.82) is 0 Å². The van der Waals surface area contributed by atoms with Gasteiger partial charge in [-0.05, 0) is 28.1 Å². The van der Waals surface area contributed by atoms with E-state index in [4.69, 9.17) is 5.73 Å². The number of nitrogens with zero attached hydrogens (tertiary/aromatic N) is 2. The number of fused-ring (bicyclic) bond motifs is 1. The molecule has 2 aromatic heterocycles. The SMILES string of the molecule is NC(=O)CNC(=O)c1cn2cc(Br)ccc2n1. The lowest BCUT2D eigenvalue weighted by Gasteiger charge is -1.97. The number of primary amides is 1. The first-order valence-corrected chi connectivity index (χ1v) is 5.56.